The number of carbonyl (C=O) groups excluding carboxylic acids is 2. The van der Waals surface area contributed by atoms with Crippen molar-refractivity contribution in [2.75, 3.05) is 26.8 Å². The van der Waals surface area contributed by atoms with Gasteiger partial charge in [-0.15, -0.1) is 0 Å². The molecule has 1 aromatic rings. The Balaban J connectivity index is 1.69. The molecule has 0 aromatic heterocycles. The molecule has 0 bridgehead atoms. The van der Waals surface area contributed by atoms with Crippen LogP contribution in [0.15, 0.2) is 18.2 Å². The molecule has 0 radical (unpaired) electrons. The number of nitrogens with zero attached hydrogens (tertiary/aromatic N) is 1. The average molecular weight is 319 g/mol. The fourth-order valence-electron chi connectivity index (χ4n) is 2.99. The molecule has 2 saturated heterocycles. The summed E-state index contributed by atoms with van der Waals surface area (Å²) in [6.45, 7) is 1.97. The monoisotopic (exact) mass is 319 g/mol. The maximum absolute atomic E-state index is 12.1. The van der Waals surface area contributed by atoms with Gasteiger partial charge in [-0.2, -0.15) is 0 Å². The standard InChI is InChI=1S/C17H21NO5/c1-21-15-11-12(10-13-6-9-22-16(13)19)4-5-14(15)23-17(20)18-7-2-3-8-18/h4-5,11,13H,2-3,6-10H2,1H3. The Labute approximate surface area is 135 Å². The van der Waals surface area contributed by atoms with Crippen LogP contribution in [0.1, 0.15) is 24.8 Å². The zero-order valence-electron chi connectivity index (χ0n) is 13.2. The van der Waals surface area contributed by atoms with E-state index < -0.39 is 0 Å². The van der Waals surface area contributed by atoms with Gasteiger partial charge in [0.1, 0.15) is 0 Å². The van der Waals surface area contributed by atoms with E-state index in [-0.39, 0.29) is 18.0 Å². The molecule has 23 heavy (non-hydrogen) atoms. The van der Waals surface area contributed by atoms with Crippen LogP contribution in [0.2, 0.25) is 0 Å². The number of rotatable bonds is 4. The van der Waals surface area contributed by atoms with Crippen LogP contribution in [0, 0.1) is 5.92 Å². The molecule has 2 aliphatic heterocycles. The minimum absolute atomic E-state index is 0.0993. The largest absolute Gasteiger partial charge is 0.493 e. The lowest BCUT2D eigenvalue weighted by atomic mass is 9.98. The first-order valence-electron chi connectivity index (χ1n) is 7.97. The lowest BCUT2D eigenvalue weighted by Crippen LogP contribution is -2.30. The molecule has 124 valence electrons. The number of benzene rings is 1. The highest BCUT2D eigenvalue weighted by Crippen LogP contribution is 2.31. The van der Waals surface area contributed by atoms with Crippen LogP contribution in [0.3, 0.4) is 0 Å². The molecule has 0 aliphatic carbocycles. The molecule has 3 rings (SSSR count). The number of ether oxygens (including phenoxy) is 3. The van der Waals surface area contributed by atoms with E-state index >= 15 is 0 Å². The molecule has 1 aromatic carbocycles. The highest BCUT2D eigenvalue weighted by molar-refractivity contribution is 5.74. The van der Waals surface area contributed by atoms with Crippen LogP contribution in [-0.2, 0) is 16.0 Å². The molecule has 2 fully saturated rings. The second kappa shape index (κ2) is 6.89. The maximum Gasteiger partial charge on any atom is 0.415 e. The summed E-state index contributed by atoms with van der Waals surface area (Å²) >= 11 is 0. The van der Waals surface area contributed by atoms with Crippen molar-refractivity contribution in [2.24, 2.45) is 5.92 Å². The van der Waals surface area contributed by atoms with Crippen LogP contribution in [0.25, 0.3) is 0 Å². The number of hydrogen-bond acceptors (Lipinski definition) is 5. The van der Waals surface area contributed by atoms with Gasteiger partial charge < -0.3 is 19.1 Å². The van der Waals surface area contributed by atoms with Crippen LogP contribution >= 0.6 is 0 Å². The molecular weight excluding hydrogens is 298 g/mol. The van der Waals surface area contributed by atoms with Crippen molar-refractivity contribution in [2.45, 2.75) is 25.7 Å². The van der Waals surface area contributed by atoms with E-state index in [9.17, 15) is 9.59 Å². The van der Waals surface area contributed by atoms with E-state index in [2.05, 4.69) is 0 Å². The molecule has 6 nitrogen and oxygen atoms in total. The van der Waals surface area contributed by atoms with Crippen molar-refractivity contribution in [3.63, 3.8) is 0 Å². The Morgan fingerprint density at radius 3 is 2.74 bits per heavy atom. The van der Waals surface area contributed by atoms with Gasteiger partial charge in [-0.3, -0.25) is 4.79 Å². The first-order valence-corrected chi connectivity index (χ1v) is 7.97. The van der Waals surface area contributed by atoms with Crippen molar-refractivity contribution >= 4 is 12.1 Å². The summed E-state index contributed by atoms with van der Waals surface area (Å²) in [6, 6.07) is 5.40. The molecule has 1 unspecified atom stereocenters. The number of likely N-dealkylation sites (tertiary alicyclic amines) is 1. The first kappa shape index (κ1) is 15.6. The van der Waals surface area contributed by atoms with E-state index in [1.807, 2.05) is 12.1 Å². The third-order valence-corrected chi connectivity index (χ3v) is 4.32. The van der Waals surface area contributed by atoms with Gasteiger partial charge in [0, 0.05) is 13.1 Å². The molecule has 2 heterocycles. The van der Waals surface area contributed by atoms with Crippen molar-refractivity contribution < 1.29 is 23.8 Å². The van der Waals surface area contributed by atoms with Crippen molar-refractivity contribution in [3.8, 4) is 11.5 Å². The van der Waals surface area contributed by atoms with E-state index in [0.717, 1.165) is 37.9 Å². The predicted octanol–water partition coefficient (Wildman–Crippen LogP) is 2.40. The van der Waals surface area contributed by atoms with Crippen LogP contribution < -0.4 is 9.47 Å². The van der Waals surface area contributed by atoms with Gasteiger partial charge in [-0.1, -0.05) is 6.07 Å². The summed E-state index contributed by atoms with van der Waals surface area (Å²) in [5, 5.41) is 0. The fraction of sp³-hybridized carbons (Fsp3) is 0.529. The third-order valence-electron chi connectivity index (χ3n) is 4.32. The molecule has 0 N–H and O–H groups in total. The lowest BCUT2D eigenvalue weighted by Gasteiger charge is -2.17. The first-order chi connectivity index (χ1) is 11.2. The Hall–Kier alpha value is -2.24. The number of carbonyl (C=O) groups is 2. The van der Waals surface area contributed by atoms with Gasteiger partial charge in [-0.05, 0) is 43.4 Å². The van der Waals surface area contributed by atoms with Gasteiger partial charge in [0.05, 0.1) is 19.6 Å². The fourth-order valence-corrected chi connectivity index (χ4v) is 2.99. The molecule has 1 amide bonds. The summed E-state index contributed by atoms with van der Waals surface area (Å²) in [7, 11) is 1.54. The van der Waals surface area contributed by atoms with E-state index in [1.165, 1.54) is 7.11 Å². The number of hydrogen-bond donors (Lipinski definition) is 0. The number of amides is 1. The van der Waals surface area contributed by atoms with Crippen LogP contribution in [-0.4, -0.2) is 43.8 Å². The minimum atomic E-state index is -0.340. The van der Waals surface area contributed by atoms with Gasteiger partial charge in [0.25, 0.3) is 0 Å². The molecule has 0 saturated carbocycles. The number of methoxy groups -OCH3 is 1. The molecule has 2 aliphatic rings. The highest BCUT2D eigenvalue weighted by Gasteiger charge is 2.27. The van der Waals surface area contributed by atoms with Crippen molar-refractivity contribution in [3.05, 3.63) is 23.8 Å². The van der Waals surface area contributed by atoms with Crippen LogP contribution in [0.5, 0.6) is 11.5 Å². The van der Waals surface area contributed by atoms with Gasteiger partial charge in [-0.25, -0.2) is 4.79 Å². The number of cyclic esters (lactones) is 1. The van der Waals surface area contributed by atoms with Gasteiger partial charge >= 0.3 is 12.1 Å². The highest BCUT2D eigenvalue weighted by atomic mass is 16.6. The normalized spacial score (nSPS) is 20.5. The summed E-state index contributed by atoms with van der Waals surface area (Å²) < 4.78 is 15.7. The summed E-state index contributed by atoms with van der Waals surface area (Å²) in [5.74, 6) is 0.662. The Bertz CT molecular complexity index is 595. The molecule has 6 heteroatoms. The SMILES string of the molecule is COc1cc(CC2CCOC2=O)ccc1OC(=O)N1CCCC1. The van der Waals surface area contributed by atoms with Gasteiger partial charge in [0.2, 0.25) is 0 Å². The molecule has 1 atom stereocenters. The Kier molecular flexibility index (Phi) is 4.69. The molecular formula is C17H21NO5. The minimum Gasteiger partial charge on any atom is -0.493 e. The average Bonchev–Trinajstić information content (AvgIpc) is 3.21. The second-order valence-corrected chi connectivity index (χ2v) is 5.90. The summed E-state index contributed by atoms with van der Waals surface area (Å²) in [5.41, 5.74) is 0.965. The second-order valence-electron chi connectivity index (χ2n) is 5.90. The van der Waals surface area contributed by atoms with Crippen LogP contribution in [0.4, 0.5) is 4.79 Å². The van der Waals surface area contributed by atoms with E-state index in [1.54, 1.807) is 11.0 Å². The quantitative estimate of drug-likeness (QED) is 0.797. The maximum atomic E-state index is 12.1. The van der Waals surface area contributed by atoms with E-state index in [4.69, 9.17) is 14.2 Å². The number of esters is 1. The van der Waals surface area contributed by atoms with Crippen molar-refractivity contribution in [1.82, 2.24) is 4.90 Å². The van der Waals surface area contributed by atoms with E-state index in [0.29, 0.717) is 24.5 Å². The third kappa shape index (κ3) is 3.57. The Morgan fingerprint density at radius 1 is 1.30 bits per heavy atom. The van der Waals surface area contributed by atoms with Gasteiger partial charge in [0.15, 0.2) is 11.5 Å². The lowest BCUT2D eigenvalue weighted by molar-refractivity contribution is -0.141. The zero-order valence-corrected chi connectivity index (χ0v) is 13.2. The predicted molar refractivity (Wildman–Crippen MR) is 82.6 cm³/mol. The summed E-state index contributed by atoms with van der Waals surface area (Å²) in [4.78, 5) is 25.3. The smallest absolute Gasteiger partial charge is 0.415 e. The molecule has 0 spiro atoms. The topological polar surface area (TPSA) is 65.1 Å². The zero-order chi connectivity index (χ0) is 16.2. The Morgan fingerprint density at radius 2 is 2.09 bits per heavy atom. The summed E-state index contributed by atoms with van der Waals surface area (Å²) in [6.07, 6.45) is 3.04. The van der Waals surface area contributed by atoms with Crippen molar-refractivity contribution in [1.29, 1.82) is 0 Å².